The Morgan fingerprint density at radius 2 is 1.52 bits per heavy atom. The van der Waals surface area contributed by atoms with Crippen LogP contribution in [0.25, 0.3) is 0 Å². The lowest BCUT2D eigenvalue weighted by atomic mass is 9.90. The standard InChI is InChI=1S/C27H36N4O2/c32-27-30(23-10-8-22(9-11-23)28-16-19-29-17-4-5-18-29)20-21-31(27)24-12-14-26(15-13-24)33-25-6-2-1-3-7-25/h1-3,6-7,12-15,22-23,28H,4-5,8-11,16-21H2. The molecular formula is C27H36N4O2. The van der Waals surface area contributed by atoms with E-state index in [-0.39, 0.29) is 6.03 Å². The fourth-order valence-corrected chi connectivity index (χ4v) is 5.48. The molecule has 3 fully saturated rings. The normalized spacial score (nSPS) is 23.9. The summed E-state index contributed by atoms with van der Waals surface area (Å²) in [5.41, 5.74) is 0.945. The lowest BCUT2D eigenvalue weighted by Crippen LogP contribution is -2.45. The Labute approximate surface area is 197 Å². The molecule has 6 heteroatoms. The van der Waals surface area contributed by atoms with E-state index in [1.165, 1.54) is 45.3 Å². The average Bonchev–Trinajstić information content (AvgIpc) is 3.51. The van der Waals surface area contributed by atoms with Crippen LogP contribution in [0.4, 0.5) is 10.5 Å². The van der Waals surface area contributed by atoms with Crippen LogP contribution in [0.5, 0.6) is 11.5 Å². The van der Waals surface area contributed by atoms with E-state index in [1.807, 2.05) is 59.5 Å². The van der Waals surface area contributed by atoms with Crippen LogP contribution >= 0.6 is 0 Å². The third kappa shape index (κ3) is 5.50. The highest BCUT2D eigenvalue weighted by Gasteiger charge is 2.36. The van der Waals surface area contributed by atoms with Gasteiger partial charge in [0.1, 0.15) is 11.5 Å². The topological polar surface area (TPSA) is 48.1 Å². The second-order valence-electron chi connectivity index (χ2n) is 9.54. The van der Waals surface area contributed by atoms with Gasteiger partial charge < -0.3 is 19.9 Å². The molecule has 0 atom stereocenters. The Morgan fingerprint density at radius 3 is 2.24 bits per heavy atom. The summed E-state index contributed by atoms with van der Waals surface area (Å²) in [6.07, 6.45) is 7.25. The SMILES string of the molecule is O=C1N(c2ccc(Oc3ccccc3)cc2)CCN1C1CCC(NCCN2CCCC2)CC1. The first kappa shape index (κ1) is 22.2. The van der Waals surface area contributed by atoms with E-state index in [4.69, 9.17) is 4.74 Å². The minimum Gasteiger partial charge on any atom is -0.457 e. The summed E-state index contributed by atoms with van der Waals surface area (Å²) in [6, 6.07) is 18.8. The molecule has 1 saturated carbocycles. The number of anilines is 1. The smallest absolute Gasteiger partial charge is 0.324 e. The summed E-state index contributed by atoms with van der Waals surface area (Å²) in [5, 5.41) is 3.76. The molecule has 2 amide bonds. The Hall–Kier alpha value is -2.57. The number of carbonyl (C=O) groups is 1. The van der Waals surface area contributed by atoms with Gasteiger partial charge in [-0.1, -0.05) is 18.2 Å². The molecule has 176 valence electrons. The fraction of sp³-hybridized carbons (Fsp3) is 0.519. The number of nitrogens with one attached hydrogen (secondary N) is 1. The van der Waals surface area contributed by atoms with Crippen molar-refractivity contribution in [1.82, 2.24) is 15.1 Å². The van der Waals surface area contributed by atoms with E-state index >= 15 is 0 Å². The van der Waals surface area contributed by atoms with Crippen LogP contribution in [-0.2, 0) is 0 Å². The van der Waals surface area contributed by atoms with E-state index < -0.39 is 0 Å². The molecule has 2 aromatic carbocycles. The number of hydrogen-bond acceptors (Lipinski definition) is 4. The predicted molar refractivity (Wildman–Crippen MR) is 132 cm³/mol. The third-order valence-electron chi connectivity index (χ3n) is 7.37. The number of nitrogens with zero attached hydrogens (tertiary/aromatic N) is 3. The van der Waals surface area contributed by atoms with Crippen LogP contribution in [-0.4, -0.2) is 67.2 Å². The van der Waals surface area contributed by atoms with Crippen LogP contribution in [0.15, 0.2) is 54.6 Å². The maximum Gasteiger partial charge on any atom is 0.324 e. The van der Waals surface area contributed by atoms with Gasteiger partial charge in [0.25, 0.3) is 0 Å². The summed E-state index contributed by atoms with van der Waals surface area (Å²) in [5.74, 6) is 1.60. The minimum absolute atomic E-state index is 0.150. The third-order valence-corrected chi connectivity index (χ3v) is 7.37. The van der Waals surface area contributed by atoms with Gasteiger partial charge in [0, 0.05) is 44.0 Å². The van der Waals surface area contributed by atoms with Gasteiger partial charge in [-0.3, -0.25) is 4.90 Å². The van der Waals surface area contributed by atoms with Crippen molar-refractivity contribution >= 4 is 11.7 Å². The first-order valence-electron chi connectivity index (χ1n) is 12.6. The quantitative estimate of drug-likeness (QED) is 0.635. The number of ether oxygens (including phenoxy) is 1. The van der Waals surface area contributed by atoms with Gasteiger partial charge in [-0.2, -0.15) is 0 Å². The van der Waals surface area contributed by atoms with Crippen LogP contribution in [0.2, 0.25) is 0 Å². The summed E-state index contributed by atoms with van der Waals surface area (Å²) >= 11 is 0. The first-order valence-corrected chi connectivity index (χ1v) is 12.6. The summed E-state index contributed by atoms with van der Waals surface area (Å²) in [4.78, 5) is 19.8. The van der Waals surface area contributed by atoms with E-state index in [1.54, 1.807) is 0 Å². The van der Waals surface area contributed by atoms with E-state index in [2.05, 4.69) is 15.1 Å². The zero-order valence-corrected chi connectivity index (χ0v) is 19.5. The van der Waals surface area contributed by atoms with E-state index in [0.717, 1.165) is 49.7 Å². The van der Waals surface area contributed by atoms with Crippen LogP contribution in [0, 0.1) is 0 Å². The van der Waals surface area contributed by atoms with Crippen molar-refractivity contribution in [2.75, 3.05) is 44.2 Å². The molecule has 0 unspecified atom stereocenters. The number of amides is 2. The second kappa shape index (κ2) is 10.6. The Bertz CT molecular complexity index is 890. The number of hydrogen-bond donors (Lipinski definition) is 1. The monoisotopic (exact) mass is 448 g/mol. The Morgan fingerprint density at radius 1 is 0.818 bits per heavy atom. The van der Waals surface area contributed by atoms with Gasteiger partial charge in [0.05, 0.1) is 0 Å². The van der Waals surface area contributed by atoms with Crippen molar-refractivity contribution in [1.29, 1.82) is 0 Å². The Kier molecular flexibility index (Phi) is 7.12. The highest BCUT2D eigenvalue weighted by Crippen LogP contribution is 2.30. The molecule has 6 nitrogen and oxygen atoms in total. The lowest BCUT2D eigenvalue weighted by Gasteiger charge is -2.35. The molecular weight excluding hydrogens is 412 g/mol. The molecule has 33 heavy (non-hydrogen) atoms. The van der Waals surface area contributed by atoms with Gasteiger partial charge in [-0.25, -0.2) is 4.79 Å². The molecule has 0 spiro atoms. The zero-order chi connectivity index (χ0) is 22.5. The minimum atomic E-state index is 0.150. The molecule has 2 heterocycles. The van der Waals surface area contributed by atoms with Gasteiger partial charge in [-0.05, 0) is 88.0 Å². The predicted octanol–water partition coefficient (Wildman–Crippen LogP) is 4.72. The molecule has 0 radical (unpaired) electrons. The van der Waals surface area contributed by atoms with E-state index in [9.17, 15) is 4.79 Å². The molecule has 0 aromatic heterocycles. The summed E-state index contributed by atoms with van der Waals surface area (Å²) < 4.78 is 5.88. The molecule has 2 aliphatic heterocycles. The Balaban J connectivity index is 1.09. The number of benzene rings is 2. The number of likely N-dealkylation sites (tertiary alicyclic amines) is 1. The number of rotatable bonds is 8. The van der Waals surface area contributed by atoms with Crippen molar-refractivity contribution in [3.8, 4) is 11.5 Å². The van der Waals surface area contributed by atoms with Crippen LogP contribution in [0.1, 0.15) is 38.5 Å². The molecule has 1 aliphatic carbocycles. The molecule has 1 N–H and O–H groups in total. The van der Waals surface area contributed by atoms with Crippen molar-refractivity contribution < 1.29 is 9.53 Å². The second-order valence-corrected chi connectivity index (χ2v) is 9.54. The fourth-order valence-electron chi connectivity index (χ4n) is 5.48. The largest absolute Gasteiger partial charge is 0.457 e. The van der Waals surface area contributed by atoms with Crippen LogP contribution in [0.3, 0.4) is 0 Å². The zero-order valence-electron chi connectivity index (χ0n) is 19.5. The van der Waals surface area contributed by atoms with E-state index in [0.29, 0.717) is 12.1 Å². The molecule has 3 aliphatic rings. The molecule has 0 bridgehead atoms. The number of para-hydroxylation sites is 1. The van der Waals surface area contributed by atoms with Gasteiger partial charge in [0.15, 0.2) is 0 Å². The maximum absolute atomic E-state index is 13.2. The molecule has 2 aromatic rings. The van der Waals surface area contributed by atoms with Crippen molar-refractivity contribution in [3.63, 3.8) is 0 Å². The van der Waals surface area contributed by atoms with Gasteiger partial charge in [0.2, 0.25) is 0 Å². The number of urea groups is 1. The molecule has 5 rings (SSSR count). The first-order chi connectivity index (χ1) is 16.3. The highest BCUT2D eigenvalue weighted by molar-refractivity contribution is 5.94. The summed E-state index contributed by atoms with van der Waals surface area (Å²) in [7, 11) is 0. The highest BCUT2D eigenvalue weighted by atomic mass is 16.5. The summed E-state index contributed by atoms with van der Waals surface area (Å²) in [6.45, 7) is 6.38. The molecule has 2 saturated heterocycles. The average molecular weight is 449 g/mol. The lowest BCUT2D eigenvalue weighted by molar-refractivity contribution is 0.171. The van der Waals surface area contributed by atoms with Crippen LogP contribution < -0.4 is 15.0 Å². The van der Waals surface area contributed by atoms with Crippen molar-refractivity contribution in [3.05, 3.63) is 54.6 Å². The number of carbonyl (C=O) groups excluding carboxylic acids is 1. The maximum atomic E-state index is 13.2. The van der Waals surface area contributed by atoms with Crippen molar-refractivity contribution in [2.24, 2.45) is 0 Å². The van der Waals surface area contributed by atoms with Gasteiger partial charge in [-0.15, -0.1) is 0 Å². The van der Waals surface area contributed by atoms with Gasteiger partial charge >= 0.3 is 6.03 Å². The van der Waals surface area contributed by atoms with Crippen molar-refractivity contribution in [2.45, 2.75) is 50.6 Å².